The maximum Gasteiger partial charge on any atom is 0.191 e. The van der Waals surface area contributed by atoms with E-state index in [0.29, 0.717) is 18.7 Å². The fourth-order valence-corrected chi connectivity index (χ4v) is 3.72. The predicted octanol–water partition coefficient (Wildman–Crippen LogP) is 3.12. The number of ether oxygens (including phenoxy) is 1. The van der Waals surface area contributed by atoms with E-state index in [1.54, 1.807) is 0 Å². The van der Waals surface area contributed by atoms with Crippen molar-refractivity contribution < 1.29 is 4.74 Å². The summed E-state index contributed by atoms with van der Waals surface area (Å²) >= 11 is 0. The van der Waals surface area contributed by atoms with Crippen LogP contribution >= 0.6 is 0 Å². The number of hydrogen-bond acceptors (Lipinski definition) is 3. The Morgan fingerprint density at radius 3 is 2.67 bits per heavy atom. The van der Waals surface area contributed by atoms with E-state index in [0.717, 1.165) is 44.1 Å². The molecule has 2 N–H and O–H groups in total. The van der Waals surface area contributed by atoms with E-state index in [2.05, 4.69) is 43.3 Å². The third-order valence-electron chi connectivity index (χ3n) is 5.25. The van der Waals surface area contributed by atoms with Crippen molar-refractivity contribution in [2.24, 2.45) is 10.4 Å². The van der Waals surface area contributed by atoms with Crippen molar-refractivity contribution in [2.75, 3.05) is 13.2 Å². The van der Waals surface area contributed by atoms with Gasteiger partial charge in [-0.15, -0.1) is 0 Å². The molecule has 2 unspecified atom stereocenters. The summed E-state index contributed by atoms with van der Waals surface area (Å²) in [4.78, 5) is 9.04. The maximum absolute atomic E-state index is 5.97. The van der Waals surface area contributed by atoms with Gasteiger partial charge < -0.3 is 15.4 Å². The second kappa shape index (κ2) is 9.02. The highest BCUT2D eigenvalue weighted by Crippen LogP contribution is 2.48. The average Bonchev–Trinajstić information content (AvgIpc) is 2.61. The summed E-state index contributed by atoms with van der Waals surface area (Å²) in [7, 11) is 0. The molecule has 0 amide bonds. The zero-order valence-electron chi connectivity index (χ0n) is 15.5. The molecule has 5 nitrogen and oxygen atoms in total. The number of hydrogen-bond donors (Lipinski definition) is 2. The lowest BCUT2D eigenvalue weighted by atomic mass is 9.58. The summed E-state index contributed by atoms with van der Waals surface area (Å²) < 4.78 is 5.97. The van der Waals surface area contributed by atoms with Crippen molar-refractivity contribution in [1.29, 1.82) is 0 Å². The molecular weight excluding hydrogens is 300 g/mol. The molecule has 0 radical (unpaired) electrons. The van der Waals surface area contributed by atoms with Crippen LogP contribution in [0.15, 0.2) is 29.4 Å². The molecule has 0 aromatic carbocycles. The van der Waals surface area contributed by atoms with Crippen molar-refractivity contribution in [2.45, 2.75) is 65.6 Å². The van der Waals surface area contributed by atoms with Crippen LogP contribution in [0, 0.1) is 5.41 Å². The fraction of sp³-hybridized carbons (Fsp3) is 0.684. The highest BCUT2D eigenvalue weighted by molar-refractivity contribution is 5.80. The minimum absolute atomic E-state index is 0.206. The number of pyridine rings is 1. The van der Waals surface area contributed by atoms with E-state index in [1.807, 2.05) is 24.4 Å². The van der Waals surface area contributed by atoms with Gasteiger partial charge in [0.15, 0.2) is 5.96 Å². The monoisotopic (exact) mass is 332 g/mol. The second-order valence-corrected chi connectivity index (χ2v) is 6.33. The van der Waals surface area contributed by atoms with Crippen molar-refractivity contribution >= 4 is 5.96 Å². The van der Waals surface area contributed by atoms with Gasteiger partial charge in [0.2, 0.25) is 0 Å². The van der Waals surface area contributed by atoms with Crippen LogP contribution in [0.4, 0.5) is 0 Å². The van der Waals surface area contributed by atoms with Gasteiger partial charge in [-0.3, -0.25) is 4.98 Å². The Balaban J connectivity index is 2.04. The molecule has 1 aliphatic carbocycles. The van der Waals surface area contributed by atoms with Crippen LogP contribution in [0.5, 0.6) is 0 Å². The van der Waals surface area contributed by atoms with Gasteiger partial charge in [-0.05, 0) is 45.2 Å². The van der Waals surface area contributed by atoms with Gasteiger partial charge in [0.05, 0.1) is 18.3 Å². The predicted molar refractivity (Wildman–Crippen MR) is 99.0 cm³/mol. The third-order valence-corrected chi connectivity index (χ3v) is 5.25. The second-order valence-electron chi connectivity index (χ2n) is 6.33. The van der Waals surface area contributed by atoms with Crippen molar-refractivity contribution in [3.8, 4) is 0 Å². The SMILES string of the molecule is CCNC(=NCc1ccccn1)NC1CC(OCC)C1(CC)CC. The molecule has 5 heteroatoms. The number of rotatable bonds is 8. The summed E-state index contributed by atoms with van der Waals surface area (Å²) in [5.41, 5.74) is 1.18. The lowest BCUT2D eigenvalue weighted by Gasteiger charge is -2.55. The van der Waals surface area contributed by atoms with Gasteiger partial charge >= 0.3 is 0 Å². The molecule has 24 heavy (non-hydrogen) atoms. The normalized spacial score (nSPS) is 22.8. The number of aromatic nitrogens is 1. The molecule has 134 valence electrons. The first-order chi connectivity index (χ1) is 11.7. The molecule has 1 aromatic heterocycles. The minimum Gasteiger partial charge on any atom is -0.378 e. The molecule has 1 saturated carbocycles. The van der Waals surface area contributed by atoms with Gasteiger partial charge in [-0.2, -0.15) is 0 Å². The number of aliphatic imine (C=N–C) groups is 1. The molecule has 2 atom stereocenters. The molecule has 2 rings (SSSR count). The number of nitrogens with one attached hydrogen (secondary N) is 2. The van der Waals surface area contributed by atoms with Crippen LogP contribution in [0.3, 0.4) is 0 Å². The Bertz CT molecular complexity index is 513. The van der Waals surface area contributed by atoms with Crippen molar-refractivity contribution in [3.05, 3.63) is 30.1 Å². The molecule has 0 aliphatic heterocycles. The van der Waals surface area contributed by atoms with Gasteiger partial charge in [-0.1, -0.05) is 19.9 Å². The number of nitrogens with zero attached hydrogens (tertiary/aromatic N) is 2. The minimum atomic E-state index is 0.206. The van der Waals surface area contributed by atoms with Gasteiger partial charge in [-0.25, -0.2) is 4.99 Å². The van der Waals surface area contributed by atoms with Crippen LogP contribution in [0.1, 0.15) is 52.7 Å². The molecule has 1 heterocycles. The molecule has 1 aliphatic rings. The Hall–Kier alpha value is -1.62. The fourth-order valence-electron chi connectivity index (χ4n) is 3.72. The van der Waals surface area contributed by atoms with Crippen LogP contribution in [-0.4, -0.2) is 36.2 Å². The summed E-state index contributed by atoms with van der Waals surface area (Å²) in [5.74, 6) is 0.870. The Morgan fingerprint density at radius 1 is 1.29 bits per heavy atom. The Kier molecular flexibility index (Phi) is 7.03. The van der Waals surface area contributed by atoms with Crippen LogP contribution < -0.4 is 10.6 Å². The largest absolute Gasteiger partial charge is 0.378 e. The smallest absolute Gasteiger partial charge is 0.191 e. The van der Waals surface area contributed by atoms with E-state index >= 15 is 0 Å². The molecule has 0 saturated heterocycles. The van der Waals surface area contributed by atoms with Crippen molar-refractivity contribution in [3.63, 3.8) is 0 Å². The standard InChI is InChI=1S/C19H32N4O/c1-5-19(6-2)16(13-17(19)24-8-4)23-18(20-7-3)22-14-15-11-9-10-12-21-15/h9-12,16-17H,5-8,13-14H2,1-4H3,(H2,20,22,23). The van der Waals surface area contributed by atoms with Gasteiger partial charge in [0, 0.05) is 30.8 Å². The Labute approximate surface area is 146 Å². The van der Waals surface area contributed by atoms with E-state index in [9.17, 15) is 0 Å². The van der Waals surface area contributed by atoms with Gasteiger partial charge in [0.25, 0.3) is 0 Å². The number of guanidine groups is 1. The van der Waals surface area contributed by atoms with Crippen LogP contribution in [0.25, 0.3) is 0 Å². The van der Waals surface area contributed by atoms with E-state index in [1.165, 1.54) is 0 Å². The highest BCUT2D eigenvalue weighted by Gasteiger charge is 2.53. The summed E-state index contributed by atoms with van der Waals surface area (Å²) in [6.07, 6.45) is 5.44. The highest BCUT2D eigenvalue weighted by atomic mass is 16.5. The van der Waals surface area contributed by atoms with Gasteiger partial charge in [0.1, 0.15) is 0 Å². The van der Waals surface area contributed by atoms with E-state index < -0.39 is 0 Å². The van der Waals surface area contributed by atoms with Crippen LogP contribution in [-0.2, 0) is 11.3 Å². The quantitative estimate of drug-likeness (QED) is 0.567. The molecular formula is C19H32N4O. The lowest BCUT2D eigenvalue weighted by molar-refractivity contribution is -0.133. The van der Waals surface area contributed by atoms with Crippen LogP contribution in [0.2, 0.25) is 0 Å². The van der Waals surface area contributed by atoms with E-state index in [4.69, 9.17) is 9.73 Å². The first kappa shape index (κ1) is 18.7. The maximum atomic E-state index is 5.97. The molecule has 1 fully saturated rings. The first-order valence-electron chi connectivity index (χ1n) is 9.26. The first-order valence-corrected chi connectivity index (χ1v) is 9.26. The zero-order chi connectivity index (χ0) is 17.4. The molecule has 1 aromatic rings. The average molecular weight is 332 g/mol. The van der Waals surface area contributed by atoms with Crippen molar-refractivity contribution in [1.82, 2.24) is 15.6 Å². The summed E-state index contributed by atoms with van der Waals surface area (Å²) in [5, 5.41) is 6.99. The summed E-state index contributed by atoms with van der Waals surface area (Å²) in [6, 6.07) is 6.33. The topological polar surface area (TPSA) is 58.5 Å². The Morgan fingerprint density at radius 2 is 2.08 bits per heavy atom. The third kappa shape index (κ3) is 4.07. The molecule has 0 spiro atoms. The molecule has 0 bridgehead atoms. The zero-order valence-corrected chi connectivity index (χ0v) is 15.5. The lowest BCUT2D eigenvalue weighted by Crippen LogP contribution is -2.65. The summed E-state index contributed by atoms with van der Waals surface area (Å²) in [6.45, 7) is 10.9. The van der Waals surface area contributed by atoms with E-state index in [-0.39, 0.29) is 5.41 Å².